The summed E-state index contributed by atoms with van der Waals surface area (Å²) in [6, 6.07) is 0. The molecular formula is C6H18I2N2. The summed E-state index contributed by atoms with van der Waals surface area (Å²) in [6.07, 6.45) is 0. The van der Waals surface area contributed by atoms with Crippen LogP contribution in [0.3, 0.4) is 0 Å². The van der Waals surface area contributed by atoms with E-state index in [-0.39, 0.29) is 59.0 Å². The molecule has 4 N–H and O–H groups in total. The van der Waals surface area contributed by atoms with Crippen molar-refractivity contribution in [2.75, 3.05) is 0 Å². The van der Waals surface area contributed by atoms with Crippen LogP contribution in [0.1, 0.15) is 27.7 Å². The molecule has 0 unspecified atom stereocenters. The lowest BCUT2D eigenvalue weighted by Crippen LogP contribution is -2.58. The molecular weight excluding hydrogens is 354 g/mol. The minimum absolute atomic E-state index is 0. The molecule has 0 bridgehead atoms. The molecule has 0 aliphatic heterocycles. The van der Waals surface area contributed by atoms with Gasteiger partial charge in [0.1, 0.15) is 0 Å². The van der Waals surface area contributed by atoms with Crippen molar-refractivity contribution in [3.05, 3.63) is 0 Å². The Morgan fingerprint density at radius 2 is 0.800 bits per heavy atom. The molecule has 2 nitrogen and oxygen atoms in total. The van der Waals surface area contributed by atoms with Crippen LogP contribution in [0, 0.1) is 0 Å². The van der Waals surface area contributed by atoms with Crippen molar-refractivity contribution < 1.29 is 0 Å². The molecule has 4 heteroatoms. The van der Waals surface area contributed by atoms with Gasteiger partial charge in [-0.1, -0.05) is 0 Å². The Labute approximate surface area is 97.5 Å². The summed E-state index contributed by atoms with van der Waals surface area (Å²) < 4.78 is 0. The van der Waals surface area contributed by atoms with E-state index in [1.807, 2.05) is 27.7 Å². The topological polar surface area (TPSA) is 52.0 Å². The Kier molecular flexibility index (Phi) is 8.91. The van der Waals surface area contributed by atoms with Gasteiger partial charge in [-0.25, -0.2) is 0 Å². The molecule has 0 aromatic rings. The number of rotatable bonds is 1. The fourth-order valence-corrected chi connectivity index (χ4v) is 0. The molecule has 0 spiro atoms. The van der Waals surface area contributed by atoms with Gasteiger partial charge in [0, 0.05) is 11.1 Å². The second kappa shape index (κ2) is 5.10. The molecule has 0 heterocycles. The van der Waals surface area contributed by atoms with Gasteiger partial charge in [0.15, 0.2) is 0 Å². The van der Waals surface area contributed by atoms with Crippen molar-refractivity contribution in [2.24, 2.45) is 11.5 Å². The quantitative estimate of drug-likeness (QED) is 0.689. The van der Waals surface area contributed by atoms with E-state index in [0.717, 1.165) is 0 Å². The zero-order valence-corrected chi connectivity index (χ0v) is 11.6. The molecule has 0 fully saturated rings. The van der Waals surface area contributed by atoms with E-state index >= 15 is 0 Å². The van der Waals surface area contributed by atoms with Gasteiger partial charge in [0.2, 0.25) is 0 Å². The van der Waals surface area contributed by atoms with Gasteiger partial charge < -0.3 is 11.5 Å². The number of hydrogen-bond donors (Lipinski definition) is 2. The number of hydrogen-bond acceptors (Lipinski definition) is 2. The monoisotopic (exact) mass is 372 g/mol. The number of halogens is 2. The van der Waals surface area contributed by atoms with Crippen LogP contribution in [0.5, 0.6) is 0 Å². The normalized spacial score (nSPS) is 11.4. The maximum atomic E-state index is 5.69. The summed E-state index contributed by atoms with van der Waals surface area (Å²) in [6.45, 7) is 7.69. The average molecular weight is 372 g/mol. The Hall–Kier alpha value is 1.38. The Bertz CT molecular complexity index is 68.7. The number of nitrogens with two attached hydrogens (primary N) is 2. The predicted octanol–water partition coefficient (Wildman–Crippen LogP) is 1.70. The fourth-order valence-electron chi connectivity index (χ4n) is 0. The highest BCUT2D eigenvalue weighted by molar-refractivity contribution is 14.0. The van der Waals surface area contributed by atoms with Gasteiger partial charge in [-0.2, -0.15) is 0 Å². The summed E-state index contributed by atoms with van der Waals surface area (Å²) in [4.78, 5) is 0. The van der Waals surface area contributed by atoms with Crippen LogP contribution in [-0.2, 0) is 0 Å². The lowest BCUT2D eigenvalue weighted by molar-refractivity contribution is 0.309. The third-order valence-corrected chi connectivity index (χ3v) is 1.66. The molecule has 0 aliphatic carbocycles. The van der Waals surface area contributed by atoms with E-state index in [2.05, 4.69) is 0 Å². The summed E-state index contributed by atoms with van der Waals surface area (Å²) >= 11 is 0. The van der Waals surface area contributed by atoms with Crippen molar-refractivity contribution in [2.45, 2.75) is 38.8 Å². The van der Waals surface area contributed by atoms with Crippen LogP contribution in [0.15, 0.2) is 0 Å². The third kappa shape index (κ3) is 6.11. The molecule has 0 saturated heterocycles. The summed E-state index contributed by atoms with van der Waals surface area (Å²) in [5, 5.41) is 0. The van der Waals surface area contributed by atoms with Gasteiger partial charge >= 0.3 is 0 Å². The summed E-state index contributed by atoms with van der Waals surface area (Å²) in [7, 11) is 0. The largest absolute Gasteiger partial charge is 0.324 e. The molecule has 0 saturated carbocycles. The van der Waals surface area contributed by atoms with Gasteiger partial charge in [0.25, 0.3) is 0 Å². The van der Waals surface area contributed by atoms with Crippen LogP contribution in [0.25, 0.3) is 0 Å². The Morgan fingerprint density at radius 3 is 0.800 bits per heavy atom. The lowest BCUT2D eigenvalue weighted by atomic mass is 9.85. The third-order valence-electron chi connectivity index (χ3n) is 1.66. The standard InChI is InChI=1S/C6H16N2.2HI/c1-5(2,7)6(3,4)8;;/h7-8H2,1-4H3;2*1H. The maximum Gasteiger partial charge on any atom is 0.0274 e. The summed E-state index contributed by atoms with van der Waals surface area (Å²) in [5.74, 6) is 0. The second-order valence-corrected chi connectivity index (χ2v) is 3.44. The van der Waals surface area contributed by atoms with Crippen molar-refractivity contribution in [3.63, 3.8) is 0 Å². The molecule has 0 aliphatic rings. The van der Waals surface area contributed by atoms with E-state index in [4.69, 9.17) is 11.5 Å². The van der Waals surface area contributed by atoms with Crippen LogP contribution >= 0.6 is 48.0 Å². The van der Waals surface area contributed by atoms with Gasteiger partial charge in [0.05, 0.1) is 0 Å². The molecule has 0 radical (unpaired) electrons. The zero-order valence-electron chi connectivity index (χ0n) is 6.97. The van der Waals surface area contributed by atoms with Crippen LogP contribution in [0.4, 0.5) is 0 Å². The smallest absolute Gasteiger partial charge is 0.0274 e. The van der Waals surface area contributed by atoms with Gasteiger partial charge in [-0.15, -0.1) is 48.0 Å². The molecule has 0 amide bonds. The second-order valence-electron chi connectivity index (χ2n) is 3.44. The molecule has 0 atom stereocenters. The SMILES string of the molecule is CC(C)(N)C(C)(C)N.I.I. The van der Waals surface area contributed by atoms with E-state index in [1.165, 1.54) is 0 Å². The molecule has 0 rings (SSSR count). The van der Waals surface area contributed by atoms with Crippen LogP contribution in [0.2, 0.25) is 0 Å². The van der Waals surface area contributed by atoms with E-state index in [1.54, 1.807) is 0 Å². The first-order valence-electron chi connectivity index (χ1n) is 2.83. The van der Waals surface area contributed by atoms with E-state index in [9.17, 15) is 0 Å². The van der Waals surface area contributed by atoms with Gasteiger partial charge in [-0.3, -0.25) is 0 Å². The predicted molar refractivity (Wildman–Crippen MR) is 67.4 cm³/mol. The highest BCUT2D eigenvalue weighted by Crippen LogP contribution is 2.13. The molecule has 10 heavy (non-hydrogen) atoms. The van der Waals surface area contributed by atoms with Crippen molar-refractivity contribution in [1.82, 2.24) is 0 Å². The highest BCUT2D eigenvalue weighted by Gasteiger charge is 2.28. The van der Waals surface area contributed by atoms with Crippen molar-refractivity contribution in [1.29, 1.82) is 0 Å². The first kappa shape index (κ1) is 17.5. The van der Waals surface area contributed by atoms with E-state index in [0.29, 0.717) is 0 Å². The Morgan fingerprint density at radius 1 is 0.700 bits per heavy atom. The van der Waals surface area contributed by atoms with Gasteiger partial charge in [-0.05, 0) is 27.7 Å². The molecule has 0 aromatic carbocycles. The maximum absolute atomic E-state index is 5.69. The van der Waals surface area contributed by atoms with E-state index < -0.39 is 0 Å². The van der Waals surface area contributed by atoms with Crippen LogP contribution < -0.4 is 11.5 Å². The molecule has 66 valence electrons. The van der Waals surface area contributed by atoms with Crippen LogP contribution in [-0.4, -0.2) is 11.1 Å². The zero-order chi connectivity index (χ0) is 7.00. The minimum atomic E-state index is -0.285. The lowest BCUT2D eigenvalue weighted by Gasteiger charge is -2.34. The van der Waals surface area contributed by atoms with Crippen molar-refractivity contribution in [3.8, 4) is 0 Å². The highest BCUT2D eigenvalue weighted by atomic mass is 127. The fraction of sp³-hybridized carbons (Fsp3) is 1.00. The van der Waals surface area contributed by atoms with Crippen molar-refractivity contribution >= 4 is 48.0 Å². The Balaban J connectivity index is -0.000000245. The summed E-state index contributed by atoms with van der Waals surface area (Å²) in [5.41, 5.74) is 10.8. The first-order valence-corrected chi connectivity index (χ1v) is 2.83. The first-order chi connectivity index (χ1) is 3.25. The minimum Gasteiger partial charge on any atom is -0.324 e. The molecule has 0 aromatic heterocycles. The average Bonchev–Trinajstić information content (AvgIpc) is 1.25.